The van der Waals surface area contributed by atoms with Crippen molar-refractivity contribution in [2.75, 3.05) is 7.05 Å². The van der Waals surface area contributed by atoms with Crippen molar-refractivity contribution in [3.8, 4) is 0 Å². The number of hydrogen-bond donors (Lipinski definition) is 1. The first-order valence-corrected chi connectivity index (χ1v) is 6.32. The van der Waals surface area contributed by atoms with Crippen LogP contribution in [-0.4, -0.2) is 12.0 Å². The molecule has 2 heterocycles. The first kappa shape index (κ1) is 13.1. The van der Waals surface area contributed by atoms with Gasteiger partial charge >= 0.3 is 0 Å². The number of halogens is 1. The van der Waals surface area contributed by atoms with Crippen molar-refractivity contribution in [2.24, 2.45) is 0 Å². The molecule has 2 rings (SSSR count). The van der Waals surface area contributed by atoms with Crippen LogP contribution in [0.25, 0.3) is 0 Å². The molecule has 0 spiro atoms. The van der Waals surface area contributed by atoms with Crippen LogP contribution in [0.4, 0.5) is 0 Å². The summed E-state index contributed by atoms with van der Waals surface area (Å²) >= 11 is 6.14. The van der Waals surface area contributed by atoms with Crippen molar-refractivity contribution in [3.63, 3.8) is 0 Å². The molecule has 1 atom stereocenters. The van der Waals surface area contributed by atoms with Crippen LogP contribution >= 0.6 is 11.6 Å². The second-order valence-corrected chi connectivity index (χ2v) is 4.79. The molecule has 0 aliphatic carbocycles. The summed E-state index contributed by atoms with van der Waals surface area (Å²) in [5.41, 5.74) is 2.27. The summed E-state index contributed by atoms with van der Waals surface area (Å²) in [7, 11) is 1.95. The Morgan fingerprint density at radius 1 is 1.44 bits per heavy atom. The molecule has 4 heteroatoms. The third-order valence-corrected chi connectivity index (χ3v) is 3.42. The SMILES string of the molecule is CNC(Cc1ccncc1Cl)c1cc(C)oc1C. The maximum Gasteiger partial charge on any atom is 0.105 e. The van der Waals surface area contributed by atoms with Gasteiger partial charge in [-0.2, -0.15) is 0 Å². The van der Waals surface area contributed by atoms with Crippen LogP contribution < -0.4 is 5.32 Å². The molecule has 0 aliphatic heterocycles. The quantitative estimate of drug-likeness (QED) is 0.919. The van der Waals surface area contributed by atoms with Gasteiger partial charge in [0, 0.05) is 24.0 Å². The minimum atomic E-state index is 0.197. The summed E-state index contributed by atoms with van der Waals surface area (Å²) in [6.45, 7) is 3.95. The van der Waals surface area contributed by atoms with Gasteiger partial charge in [0.05, 0.1) is 5.02 Å². The number of nitrogens with zero attached hydrogens (tertiary/aromatic N) is 1. The predicted octanol–water partition coefficient (Wildman–Crippen LogP) is 3.45. The zero-order chi connectivity index (χ0) is 13.1. The molecule has 2 aromatic rings. The first-order valence-electron chi connectivity index (χ1n) is 5.94. The number of hydrogen-bond acceptors (Lipinski definition) is 3. The Balaban J connectivity index is 2.25. The summed E-state index contributed by atoms with van der Waals surface area (Å²) < 4.78 is 5.58. The molecule has 0 aliphatic rings. The zero-order valence-corrected chi connectivity index (χ0v) is 11.6. The second-order valence-electron chi connectivity index (χ2n) is 4.38. The Labute approximate surface area is 112 Å². The van der Waals surface area contributed by atoms with Gasteiger partial charge in [-0.3, -0.25) is 4.98 Å². The normalized spacial score (nSPS) is 12.7. The van der Waals surface area contributed by atoms with Crippen LogP contribution in [0.15, 0.2) is 28.9 Å². The topological polar surface area (TPSA) is 38.1 Å². The molecule has 1 unspecified atom stereocenters. The van der Waals surface area contributed by atoms with Crippen LogP contribution in [0.2, 0.25) is 5.02 Å². The molecule has 0 saturated heterocycles. The lowest BCUT2D eigenvalue weighted by atomic mass is 10.00. The molecule has 96 valence electrons. The van der Waals surface area contributed by atoms with Crippen molar-refractivity contribution in [1.29, 1.82) is 0 Å². The summed E-state index contributed by atoms with van der Waals surface area (Å²) in [6, 6.07) is 4.22. The number of aromatic nitrogens is 1. The highest BCUT2D eigenvalue weighted by molar-refractivity contribution is 6.31. The van der Waals surface area contributed by atoms with E-state index in [9.17, 15) is 0 Å². The van der Waals surface area contributed by atoms with Gasteiger partial charge in [-0.05, 0) is 45.0 Å². The monoisotopic (exact) mass is 264 g/mol. The lowest BCUT2D eigenvalue weighted by Gasteiger charge is -2.16. The van der Waals surface area contributed by atoms with Gasteiger partial charge in [0.15, 0.2) is 0 Å². The molecule has 0 saturated carbocycles. The van der Waals surface area contributed by atoms with Crippen LogP contribution in [0.3, 0.4) is 0 Å². The number of pyridine rings is 1. The Kier molecular flexibility index (Phi) is 4.04. The summed E-state index contributed by atoms with van der Waals surface area (Å²) in [5.74, 6) is 1.89. The molecular formula is C14H17ClN2O. The molecule has 0 fully saturated rings. The first-order chi connectivity index (χ1) is 8.61. The predicted molar refractivity (Wildman–Crippen MR) is 72.9 cm³/mol. The summed E-state index contributed by atoms with van der Waals surface area (Å²) in [4.78, 5) is 4.00. The smallest absolute Gasteiger partial charge is 0.105 e. The highest BCUT2D eigenvalue weighted by atomic mass is 35.5. The molecule has 18 heavy (non-hydrogen) atoms. The van der Waals surface area contributed by atoms with Gasteiger partial charge in [0.25, 0.3) is 0 Å². The average molecular weight is 265 g/mol. The molecule has 1 N–H and O–H groups in total. The number of likely N-dealkylation sites (N-methyl/N-ethyl adjacent to an activating group) is 1. The minimum Gasteiger partial charge on any atom is -0.466 e. The van der Waals surface area contributed by atoms with E-state index in [0.717, 1.165) is 23.5 Å². The van der Waals surface area contributed by atoms with E-state index in [1.807, 2.05) is 27.0 Å². The molecule has 3 nitrogen and oxygen atoms in total. The van der Waals surface area contributed by atoms with Crippen LogP contribution in [0.1, 0.15) is 28.7 Å². The van der Waals surface area contributed by atoms with Crippen molar-refractivity contribution >= 4 is 11.6 Å². The molecule has 0 radical (unpaired) electrons. The van der Waals surface area contributed by atoms with E-state index in [1.165, 1.54) is 5.56 Å². The second kappa shape index (κ2) is 5.55. The highest BCUT2D eigenvalue weighted by Gasteiger charge is 2.17. The van der Waals surface area contributed by atoms with E-state index in [2.05, 4.69) is 16.4 Å². The third-order valence-electron chi connectivity index (χ3n) is 3.08. The van der Waals surface area contributed by atoms with E-state index < -0.39 is 0 Å². The molecule has 0 bridgehead atoms. The summed E-state index contributed by atoms with van der Waals surface area (Å²) in [5, 5.41) is 4.01. The Morgan fingerprint density at radius 2 is 2.22 bits per heavy atom. The van der Waals surface area contributed by atoms with Gasteiger partial charge in [-0.15, -0.1) is 0 Å². The zero-order valence-electron chi connectivity index (χ0n) is 10.8. The lowest BCUT2D eigenvalue weighted by molar-refractivity contribution is 0.490. The van der Waals surface area contributed by atoms with Crippen molar-refractivity contribution in [2.45, 2.75) is 26.3 Å². The van der Waals surface area contributed by atoms with E-state index in [4.69, 9.17) is 16.0 Å². The summed E-state index contributed by atoms with van der Waals surface area (Å²) in [6.07, 6.45) is 4.26. The fraction of sp³-hybridized carbons (Fsp3) is 0.357. The minimum absolute atomic E-state index is 0.197. The van der Waals surface area contributed by atoms with Crippen molar-refractivity contribution in [3.05, 3.63) is 52.2 Å². The fourth-order valence-corrected chi connectivity index (χ4v) is 2.35. The molecule has 0 aromatic carbocycles. The van der Waals surface area contributed by atoms with E-state index in [0.29, 0.717) is 5.02 Å². The molecular weight excluding hydrogens is 248 g/mol. The van der Waals surface area contributed by atoms with Gasteiger partial charge < -0.3 is 9.73 Å². The van der Waals surface area contributed by atoms with Gasteiger partial charge in [0.2, 0.25) is 0 Å². The highest BCUT2D eigenvalue weighted by Crippen LogP contribution is 2.26. The van der Waals surface area contributed by atoms with E-state index in [-0.39, 0.29) is 6.04 Å². The van der Waals surface area contributed by atoms with Crippen LogP contribution in [0, 0.1) is 13.8 Å². The number of rotatable bonds is 4. The average Bonchev–Trinajstić information content (AvgIpc) is 2.67. The van der Waals surface area contributed by atoms with Crippen LogP contribution in [0.5, 0.6) is 0 Å². The Hall–Kier alpha value is -1.32. The molecule has 2 aromatic heterocycles. The fourth-order valence-electron chi connectivity index (χ4n) is 2.15. The Morgan fingerprint density at radius 3 is 2.78 bits per heavy atom. The van der Waals surface area contributed by atoms with E-state index >= 15 is 0 Å². The third kappa shape index (κ3) is 2.74. The molecule has 0 amide bonds. The number of aryl methyl sites for hydroxylation is 2. The lowest BCUT2D eigenvalue weighted by Crippen LogP contribution is -2.19. The van der Waals surface area contributed by atoms with Crippen molar-refractivity contribution in [1.82, 2.24) is 10.3 Å². The maximum absolute atomic E-state index is 6.14. The Bertz CT molecular complexity index is 536. The van der Waals surface area contributed by atoms with Gasteiger partial charge in [-0.1, -0.05) is 11.6 Å². The van der Waals surface area contributed by atoms with Gasteiger partial charge in [0.1, 0.15) is 11.5 Å². The number of furan rings is 1. The van der Waals surface area contributed by atoms with Crippen LogP contribution in [-0.2, 0) is 6.42 Å². The maximum atomic E-state index is 6.14. The largest absolute Gasteiger partial charge is 0.466 e. The standard InChI is InChI=1S/C14H17ClN2O/c1-9-6-12(10(2)18-9)14(16-3)7-11-4-5-17-8-13(11)15/h4-6,8,14,16H,7H2,1-3H3. The van der Waals surface area contributed by atoms with E-state index in [1.54, 1.807) is 12.4 Å². The van der Waals surface area contributed by atoms with Crippen molar-refractivity contribution < 1.29 is 4.42 Å². The number of nitrogens with one attached hydrogen (secondary N) is 1. The van der Waals surface area contributed by atoms with Gasteiger partial charge in [-0.25, -0.2) is 0 Å².